The first-order valence-electron chi connectivity index (χ1n) is 9.53. The van der Waals surface area contributed by atoms with Gasteiger partial charge in [-0.3, -0.25) is 18.7 Å². The SMILES string of the molecule is CCCCn1c(=O)c2sccc2n(CC(=O)Nc2ccccc2C(C)C)c1=O. The van der Waals surface area contributed by atoms with Crippen LogP contribution in [-0.2, 0) is 17.9 Å². The van der Waals surface area contributed by atoms with Crippen LogP contribution in [0.2, 0.25) is 0 Å². The summed E-state index contributed by atoms with van der Waals surface area (Å²) in [5, 5.41) is 4.69. The molecule has 0 fully saturated rings. The fraction of sp³-hybridized carbons (Fsp3) is 0.381. The van der Waals surface area contributed by atoms with E-state index < -0.39 is 5.69 Å². The zero-order valence-corrected chi connectivity index (χ0v) is 17.2. The van der Waals surface area contributed by atoms with Crippen molar-refractivity contribution in [3.63, 3.8) is 0 Å². The first-order valence-corrected chi connectivity index (χ1v) is 10.4. The number of para-hydroxylation sites is 1. The molecule has 1 N–H and O–H groups in total. The maximum Gasteiger partial charge on any atom is 0.332 e. The van der Waals surface area contributed by atoms with Gasteiger partial charge in [-0.15, -0.1) is 11.3 Å². The average Bonchev–Trinajstić information content (AvgIpc) is 3.15. The number of rotatable bonds is 7. The van der Waals surface area contributed by atoms with Gasteiger partial charge in [-0.2, -0.15) is 0 Å². The van der Waals surface area contributed by atoms with Crippen molar-refractivity contribution in [2.45, 2.75) is 52.6 Å². The van der Waals surface area contributed by atoms with Crippen LogP contribution in [0.4, 0.5) is 5.69 Å². The second-order valence-corrected chi connectivity index (χ2v) is 8.02. The largest absolute Gasteiger partial charge is 0.332 e. The number of nitrogens with zero attached hydrogens (tertiary/aromatic N) is 2. The van der Waals surface area contributed by atoms with E-state index in [0.29, 0.717) is 16.8 Å². The van der Waals surface area contributed by atoms with Gasteiger partial charge in [0.2, 0.25) is 5.91 Å². The highest BCUT2D eigenvalue weighted by Gasteiger charge is 2.17. The molecule has 0 aliphatic rings. The van der Waals surface area contributed by atoms with Crippen molar-refractivity contribution < 1.29 is 4.79 Å². The third kappa shape index (κ3) is 3.94. The number of fused-ring (bicyclic) bond motifs is 1. The van der Waals surface area contributed by atoms with E-state index in [0.717, 1.165) is 24.1 Å². The Morgan fingerprint density at radius 3 is 2.61 bits per heavy atom. The van der Waals surface area contributed by atoms with Gasteiger partial charge in [-0.25, -0.2) is 4.79 Å². The van der Waals surface area contributed by atoms with Crippen LogP contribution in [0.5, 0.6) is 0 Å². The molecule has 0 saturated heterocycles. The molecule has 1 amide bonds. The Labute approximate surface area is 167 Å². The maximum absolute atomic E-state index is 12.9. The Morgan fingerprint density at radius 1 is 1.14 bits per heavy atom. The molecule has 28 heavy (non-hydrogen) atoms. The topological polar surface area (TPSA) is 73.1 Å². The van der Waals surface area contributed by atoms with Gasteiger partial charge >= 0.3 is 5.69 Å². The number of carbonyl (C=O) groups is 1. The molecule has 3 aromatic rings. The Hall–Kier alpha value is -2.67. The number of nitrogens with one attached hydrogen (secondary N) is 1. The predicted molar refractivity (Wildman–Crippen MR) is 114 cm³/mol. The second-order valence-electron chi connectivity index (χ2n) is 7.10. The second kappa shape index (κ2) is 8.56. The van der Waals surface area contributed by atoms with Gasteiger partial charge in [0.15, 0.2) is 0 Å². The van der Waals surface area contributed by atoms with Gasteiger partial charge in [-0.05, 0) is 35.4 Å². The molecule has 7 heteroatoms. The minimum Gasteiger partial charge on any atom is -0.324 e. The number of unbranched alkanes of at least 4 members (excludes halogenated alkanes) is 1. The molecule has 0 radical (unpaired) electrons. The van der Waals surface area contributed by atoms with Crippen molar-refractivity contribution in [1.82, 2.24) is 9.13 Å². The zero-order valence-electron chi connectivity index (χ0n) is 16.4. The van der Waals surface area contributed by atoms with Crippen LogP contribution >= 0.6 is 11.3 Å². The molecule has 0 aliphatic heterocycles. The summed E-state index contributed by atoms with van der Waals surface area (Å²) in [6, 6.07) is 9.37. The summed E-state index contributed by atoms with van der Waals surface area (Å²) in [4.78, 5) is 38.3. The standard InChI is InChI=1S/C21H25N3O3S/c1-4-5-11-23-20(26)19-17(10-12-28-19)24(21(23)27)13-18(25)22-16-9-7-6-8-15(16)14(2)3/h6-10,12,14H,4-5,11,13H2,1-3H3,(H,22,25). The third-order valence-corrected chi connectivity index (χ3v) is 5.62. The normalized spacial score (nSPS) is 11.3. The monoisotopic (exact) mass is 399 g/mol. The van der Waals surface area contributed by atoms with Gasteiger partial charge < -0.3 is 5.32 Å². The lowest BCUT2D eigenvalue weighted by Crippen LogP contribution is -2.41. The zero-order chi connectivity index (χ0) is 20.3. The molecule has 6 nitrogen and oxygen atoms in total. The number of amides is 1. The highest BCUT2D eigenvalue weighted by Crippen LogP contribution is 2.23. The van der Waals surface area contributed by atoms with Crippen LogP contribution in [0.1, 0.15) is 45.1 Å². The number of anilines is 1. The summed E-state index contributed by atoms with van der Waals surface area (Å²) >= 11 is 1.30. The van der Waals surface area contributed by atoms with Crippen molar-refractivity contribution in [2.24, 2.45) is 0 Å². The molecule has 2 heterocycles. The van der Waals surface area contributed by atoms with Crippen molar-refractivity contribution in [2.75, 3.05) is 5.32 Å². The first kappa shape index (κ1) is 20.1. The molecule has 2 aromatic heterocycles. The highest BCUT2D eigenvalue weighted by molar-refractivity contribution is 7.17. The molecule has 0 aliphatic carbocycles. The summed E-state index contributed by atoms with van der Waals surface area (Å²) in [5.41, 5.74) is 1.59. The number of hydrogen-bond acceptors (Lipinski definition) is 4. The van der Waals surface area contributed by atoms with Crippen LogP contribution in [0.15, 0.2) is 45.3 Å². The Balaban J connectivity index is 1.96. The summed E-state index contributed by atoms with van der Waals surface area (Å²) in [7, 11) is 0. The number of benzene rings is 1. The van der Waals surface area contributed by atoms with Crippen molar-refractivity contribution in [3.05, 3.63) is 62.1 Å². The summed E-state index contributed by atoms with van der Waals surface area (Å²) in [6.07, 6.45) is 1.61. The van der Waals surface area contributed by atoms with Gasteiger partial charge in [0.1, 0.15) is 11.2 Å². The molecule has 0 atom stereocenters. The van der Waals surface area contributed by atoms with Gasteiger partial charge in [0.25, 0.3) is 5.56 Å². The van der Waals surface area contributed by atoms with E-state index in [1.807, 2.05) is 31.2 Å². The smallest absolute Gasteiger partial charge is 0.324 e. The molecular formula is C21H25N3O3S. The summed E-state index contributed by atoms with van der Waals surface area (Å²) in [5.74, 6) is -0.0258. The summed E-state index contributed by atoms with van der Waals surface area (Å²) in [6.45, 7) is 6.36. The fourth-order valence-corrected chi connectivity index (χ4v) is 4.09. The van der Waals surface area contributed by atoms with Crippen LogP contribution in [0, 0.1) is 0 Å². The van der Waals surface area contributed by atoms with E-state index in [9.17, 15) is 14.4 Å². The van der Waals surface area contributed by atoms with E-state index in [1.54, 1.807) is 11.4 Å². The third-order valence-electron chi connectivity index (χ3n) is 4.73. The lowest BCUT2D eigenvalue weighted by molar-refractivity contribution is -0.116. The fourth-order valence-electron chi connectivity index (χ4n) is 3.25. The van der Waals surface area contributed by atoms with Crippen molar-refractivity contribution in [1.29, 1.82) is 0 Å². The van der Waals surface area contributed by atoms with Gasteiger partial charge in [0, 0.05) is 12.2 Å². The summed E-state index contributed by atoms with van der Waals surface area (Å²) < 4.78 is 3.15. The van der Waals surface area contributed by atoms with E-state index in [4.69, 9.17) is 0 Å². The van der Waals surface area contributed by atoms with E-state index in [-0.39, 0.29) is 23.9 Å². The molecule has 148 valence electrons. The minimum absolute atomic E-state index is 0.134. The highest BCUT2D eigenvalue weighted by atomic mass is 32.1. The number of thiophene rings is 1. The average molecular weight is 400 g/mol. The molecular weight excluding hydrogens is 374 g/mol. The number of carbonyl (C=O) groups excluding carboxylic acids is 1. The number of aromatic nitrogens is 2. The molecule has 0 unspecified atom stereocenters. The van der Waals surface area contributed by atoms with Gasteiger partial charge in [-0.1, -0.05) is 45.4 Å². The number of hydrogen-bond donors (Lipinski definition) is 1. The first-order chi connectivity index (χ1) is 13.4. The molecule has 0 saturated carbocycles. The maximum atomic E-state index is 12.9. The van der Waals surface area contributed by atoms with Crippen molar-refractivity contribution >= 4 is 33.1 Å². The van der Waals surface area contributed by atoms with E-state index in [1.165, 1.54) is 20.5 Å². The lowest BCUT2D eigenvalue weighted by atomic mass is 10.0. The minimum atomic E-state index is -0.434. The Bertz CT molecular complexity index is 1110. The Morgan fingerprint density at radius 2 is 1.89 bits per heavy atom. The van der Waals surface area contributed by atoms with Crippen LogP contribution in [0.25, 0.3) is 10.2 Å². The molecule has 3 rings (SSSR count). The van der Waals surface area contributed by atoms with Gasteiger partial charge in [0.05, 0.1) is 5.52 Å². The molecule has 0 bridgehead atoms. The van der Waals surface area contributed by atoms with Crippen molar-refractivity contribution in [3.8, 4) is 0 Å². The Kier molecular flexibility index (Phi) is 6.14. The molecule has 1 aromatic carbocycles. The van der Waals surface area contributed by atoms with Crippen LogP contribution in [-0.4, -0.2) is 15.0 Å². The van der Waals surface area contributed by atoms with Crippen LogP contribution in [0.3, 0.4) is 0 Å². The lowest BCUT2D eigenvalue weighted by Gasteiger charge is -2.15. The van der Waals surface area contributed by atoms with E-state index >= 15 is 0 Å². The van der Waals surface area contributed by atoms with Crippen LogP contribution < -0.4 is 16.6 Å². The predicted octanol–water partition coefficient (Wildman–Crippen LogP) is 3.79. The quantitative estimate of drug-likeness (QED) is 0.657. The molecule has 0 spiro atoms. The van der Waals surface area contributed by atoms with E-state index in [2.05, 4.69) is 19.2 Å².